The lowest BCUT2D eigenvalue weighted by Crippen LogP contribution is -2.34. The van der Waals surface area contributed by atoms with Gasteiger partial charge in [-0.1, -0.05) is 0 Å². The van der Waals surface area contributed by atoms with E-state index in [0.717, 1.165) is 30.4 Å². The summed E-state index contributed by atoms with van der Waals surface area (Å²) in [6.07, 6.45) is 1.60. The first-order chi connectivity index (χ1) is 6.63. The largest absolute Gasteiger partial charge is 0.469 e. The molecule has 0 aromatic carbocycles. The van der Waals surface area contributed by atoms with Gasteiger partial charge in [-0.2, -0.15) is 0 Å². The SMILES string of the molecule is COC(=O)C1CCN(SN(C)O)CC1. The fourth-order valence-corrected chi connectivity index (χ4v) is 2.22. The highest BCUT2D eigenvalue weighted by Gasteiger charge is 2.26. The van der Waals surface area contributed by atoms with Crippen LogP contribution in [0.15, 0.2) is 0 Å². The van der Waals surface area contributed by atoms with Crippen molar-refractivity contribution in [3.05, 3.63) is 0 Å². The predicted molar refractivity (Wildman–Crippen MR) is 53.5 cm³/mol. The first kappa shape index (κ1) is 11.8. The van der Waals surface area contributed by atoms with E-state index in [0.29, 0.717) is 0 Å². The molecule has 1 fully saturated rings. The lowest BCUT2D eigenvalue weighted by atomic mass is 9.99. The Balaban J connectivity index is 2.27. The van der Waals surface area contributed by atoms with Crippen LogP contribution < -0.4 is 0 Å². The lowest BCUT2D eigenvalue weighted by molar-refractivity contribution is -0.146. The number of ether oxygens (including phenoxy) is 1. The minimum atomic E-state index is -0.119. The Hall–Kier alpha value is -0.300. The highest BCUT2D eigenvalue weighted by Crippen LogP contribution is 2.23. The summed E-state index contributed by atoms with van der Waals surface area (Å²) in [7, 11) is 3.00. The molecule has 0 bridgehead atoms. The van der Waals surface area contributed by atoms with Gasteiger partial charge in [0, 0.05) is 32.3 Å². The normalized spacial score (nSPS) is 20.0. The van der Waals surface area contributed by atoms with E-state index in [1.54, 1.807) is 7.05 Å². The smallest absolute Gasteiger partial charge is 0.308 e. The van der Waals surface area contributed by atoms with E-state index in [-0.39, 0.29) is 11.9 Å². The number of carbonyl (C=O) groups excluding carboxylic acids is 1. The molecule has 6 heteroatoms. The molecule has 1 rings (SSSR count). The van der Waals surface area contributed by atoms with E-state index in [1.165, 1.54) is 19.2 Å². The Kier molecular flexibility index (Phi) is 4.67. The van der Waals surface area contributed by atoms with Crippen LogP contribution in [0.25, 0.3) is 0 Å². The number of nitrogens with zero attached hydrogens (tertiary/aromatic N) is 2. The molecule has 1 saturated heterocycles. The van der Waals surface area contributed by atoms with E-state index in [9.17, 15) is 4.79 Å². The minimum Gasteiger partial charge on any atom is -0.469 e. The van der Waals surface area contributed by atoms with Crippen molar-refractivity contribution in [2.24, 2.45) is 5.92 Å². The molecule has 0 aromatic rings. The third-order valence-corrected chi connectivity index (χ3v) is 3.05. The Labute approximate surface area is 88.2 Å². The second-order valence-corrected chi connectivity index (χ2v) is 4.48. The van der Waals surface area contributed by atoms with E-state index in [1.807, 2.05) is 4.31 Å². The van der Waals surface area contributed by atoms with Crippen molar-refractivity contribution in [3.63, 3.8) is 0 Å². The second kappa shape index (κ2) is 5.55. The molecule has 5 nitrogen and oxygen atoms in total. The summed E-state index contributed by atoms with van der Waals surface area (Å²) in [6.45, 7) is 1.60. The van der Waals surface area contributed by atoms with Crippen LogP contribution in [-0.2, 0) is 9.53 Å². The van der Waals surface area contributed by atoms with Crippen molar-refractivity contribution in [2.75, 3.05) is 27.2 Å². The standard InChI is InChI=1S/C8H16N2O3S/c1-9(12)14-10-5-3-7(4-6-10)8(11)13-2/h7,12H,3-6H2,1-2H3. The molecular weight excluding hydrogens is 204 g/mol. The van der Waals surface area contributed by atoms with Gasteiger partial charge >= 0.3 is 5.97 Å². The molecule has 1 N–H and O–H groups in total. The van der Waals surface area contributed by atoms with Crippen molar-refractivity contribution in [2.45, 2.75) is 12.8 Å². The molecule has 1 aliphatic heterocycles. The fourth-order valence-electron chi connectivity index (χ4n) is 1.51. The van der Waals surface area contributed by atoms with Crippen LogP contribution in [0.5, 0.6) is 0 Å². The zero-order chi connectivity index (χ0) is 10.6. The lowest BCUT2D eigenvalue weighted by Gasteiger charge is -2.30. The van der Waals surface area contributed by atoms with Crippen LogP contribution in [0, 0.1) is 5.92 Å². The molecular formula is C8H16N2O3S. The molecule has 0 atom stereocenters. The number of esters is 1. The number of methoxy groups -OCH3 is 1. The molecule has 0 saturated carbocycles. The Morgan fingerprint density at radius 1 is 1.57 bits per heavy atom. The van der Waals surface area contributed by atoms with Crippen LogP contribution in [0.1, 0.15) is 12.8 Å². The van der Waals surface area contributed by atoms with Crippen LogP contribution in [0.4, 0.5) is 0 Å². The van der Waals surface area contributed by atoms with Gasteiger partial charge in [-0.25, -0.2) is 4.31 Å². The predicted octanol–water partition coefficient (Wildman–Crippen LogP) is 0.756. The molecule has 0 aliphatic carbocycles. The quantitative estimate of drug-likeness (QED) is 0.430. The van der Waals surface area contributed by atoms with Gasteiger partial charge in [0.1, 0.15) is 0 Å². The number of carbonyl (C=O) groups is 1. The maximum Gasteiger partial charge on any atom is 0.308 e. The first-order valence-electron chi connectivity index (χ1n) is 4.57. The number of hydrogen-bond acceptors (Lipinski definition) is 6. The van der Waals surface area contributed by atoms with Crippen molar-refractivity contribution in [3.8, 4) is 0 Å². The number of hydrogen-bond donors (Lipinski definition) is 1. The molecule has 0 spiro atoms. The van der Waals surface area contributed by atoms with Gasteiger partial charge in [0.05, 0.1) is 13.0 Å². The summed E-state index contributed by atoms with van der Waals surface area (Å²) in [5.41, 5.74) is 0. The summed E-state index contributed by atoms with van der Waals surface area (Å²) in [5.74, 6) is -0.0900. The number of hydroxylamine groups is 1. The van der Waals surface area contributed by atoms with Crippen LogP contribution in [0.3, 0.4) is 0 Å². The molecule has 0 unspecified atom stereocenters. The van der Waals surface area contributed by atoms with Crippen LogP contribution >= 0.6 is 12.1 Å². The van der Waals surface area contributed by atoms with Crippen molar-refractivity contribution in [1.29, 1.82) is 0 Å². The average molecular weight is 220 g/mol. The zero-order valence-electron chi connectivity index (χ0n) is 8.47. The van der Waals surface area contributed by atoms with Crippen LogP contribution in [0.2, 0.25) is 0 Å². The van der Waals surface area contributed by atoms with E-state index >= 15 is 0 Å². The van der Waals surface area contributed by atoms with Gasteiger partial charge in [-0.05, 0) is 12.8 Å². The maximum absolute atomic E-state index is 11.2. The molecule has 1 aliphatic rings. The Morgan fingerprint density at radius 2 is 2.14 bits per heavy atom. The second-order valence-electron chi connectivity index (χ2n) is 3.27. The van der Waals surface area contributed by atoms with Crippen molar-refractivity contribution < 1.29 is 14.7 Å². The fraction of sp³-hybridized carbons (Fsp3) is 0.875. The monoisotopic (exact) mass is 220 g/mol. The van der Waals surface area contributed by atoms with E-state index in [4.69, 9.17) is 5.21 Å². The molecule has 0 aromatic heterocycles. The van der Waals surface area contributed by atoms with Gasteiger partial charge in [0.15, 0.2) is 0 Å². The van der Waals surface area contributed by atoms with E-state index in [2.05, 4.69) is 4.74 Å². The van der Waals surface area contributed by atoms with E-state index < -0.39 is 0 Å². The summed E-state index contributed by atoms with van der Waals surface area (Å²) in [5, 5.41) is 8.99. The Morgan fingerprint density at radius 3 is 2.57 bits per heavy atom. The molecule has 82 valence electrons. The maximum atomic E-state index is 11.2. The highest BCUT2D eigenvalue weighted by molar-refractivity contribution is 7.94. The third kappa shape index (κ3) is 3.45. The zero-order valence-corrected chi connectivity index (χ0v) is 9.29. The average Bonchev–Trinajstić information content (AvgIpc) is 2.17. The molecule has 0 amide bonds. The third-order valence-electron chi connectivity index (χ3n) is 2.22. The topological polar surface area (TPSA) is 53.0 Å². The first-order valence-corrected chi connectivity index (χ1v) is 5.30. The highest BCUT2D eigenvalue weighted by atomic mass is 32.2. The van der Waals surface area contributed by atoms with Gasteiger partial charge < -0.3 is 9.94 Å². The Bertz CT molecular complexity index is 193. The van der Waals surface area contributed by atoms with Gasteiger partial charge in [0.2, 0.25) is 0 Å². The molecule has 1 heterocycles. The number of piperidine rings is 1. The summed E-state index contributed by atoms with van der Waals surface area (Å²) in [4.78, 5) is 11.2. The number of rotatable bonds is 3. The summed E-state index contributed by atoms with van der Waals surface area (Å²) >= 11 is 1.27. The molecule has 0 radical (unpaired) electrons. The van der Waals surface area contributed by atoms with Gasteiger partial charge in [-0.3, -0.25) is 4.79 Å². The van der Waals surface area contributed by atoms with Gasteiger partial charge in [0.25, 0.3) is 0 Å². The van der Waals surface area contributed by atoms with Gasteiger partial charge in [-0.15, -0.1) is 4.47 Å². The molecule has 14 heavy (non-hydrogen) atoms. The van der Waals surface area contributed by atoms with Crippen molar-refractivity contribution in [1.82, 2.24) is 8.77 Å². The minimum absolute atomic E-state index is 0.0286. The summed E-state index contributed by atoms with van der Waals surface area (Å²) in [6, 6.07) is 0. The van der Waals surface area contributed by atoms with Crippen molar-refractivity contribution >= 4 is 18.1 Å². The van der Waals surface area contributed by atoms with Crippen LogP contribution in [-0.4, -0.2) is 47.2 Å². The summed E-state index contributed by atoms with van der Waals surface area (Å²) < 4.78 is 7.78.